The monoisotopic (exact) mass is 362 g/mol. The lowest BCUT2D eigenvalue weighted by Gasteiger charge is -2.12. The van der Waals surface area contributed by atoms with Crippen LogP contribution in [0.2, 0.25) is 0 Å². The van der Waals surface area contributed by atoms with Gasteiger partial charge in [0.25, 0.3) is 0 Å². The molecule has 0 aliphatic rings. The molecule has 7 heteroatoms. The van der Waals surface area contributed by atoms with Crippen LogP contribution >= 0.6 is 11.8 Å². The number of benzene rings is 1. The first kappa shape index (κ1) is 19.5. The van der Waals surface area contributed by atoms with E-state index in [1.807, 2.05) is 30.3 Å². The lowest BCUT2D eigenvalue weighted by atomic mass is 10.2. The maximum atomic E-state index is 12.0. The maximum Gasteiger partial charge on any atom is 0.230 e. The zero-order chi connectivity index (χ0) is 18.1. The van der Waals surface area contributed by atoms with E-state index in [-0.39, 0.29) is 5.91 Å². The highest BCUT2D eigenvalue weighted by Crippen LogP contribution is 2.24. The summed E-state index contributed by atoms with van der Waals surface area (Å²) in [5.41, 5.74) is 1.03. The molecule has 1 heterocycles. The molecule has 2 aromatic rings. The number of thioether (sulfide) groups is 1. The lowest BCUT2D eigenvalue weighted by Crippen LogP contribution is -2.27. The summed E-state index contributed by atoms with van der Waals surface area (Å²) < 4.78 is 7.07. The smallest absolute Gasteiger partial charge is 0.230 e. The van der Waals surface area contributed by atoms with E-state index < -0.39 is 0 Å². The minimum atomic E-state index is 0.00135. The average Bonchev–Trinajstić information content (AvgIpc) is 2.99. The minimum absolute atomic E-state index is 0.00135. The zero-order valence-electron chi connectivity index (χ0n) is 15.1. The minimum Gasteiger partial charge on any atom is -0.385 e. The maximum absolute atomic E-state index is 12.0. The quantitative estimate of drug-likeness (QED) is 0.520. The van der Waals surface area contributed by atoms with Crippen molar-refractivity contribution in [1.82, 2.24) is 20.1 Å². The highest BCUT2D eigenvalue weighted by molar-refractivity contribution is 7.99. The van der Waals surface area contributed by atoms with Gasteiger partial charge in [-0.2, -0.15) is 0 Å². The summed E-state index contributed by atoms with van der Waals surface area (Å²) in [6.45, 7) is 6.41. The van der Waals surface area contributed by atoms with Crippen LogP contribution < -0.4 is 5.32 Å². The van der Waals surface area contributed by atoms with Crippen LogP contribution in [0.15, 0.2) is 35.5 Å². The van der Waals surface area contributed by atoms with Gasteiger partial charge in [-0.1, -0.05) is 55.9 Å². The van der Waals surface area contributed by atoms with Gasteiger partial charge in [-0.25, -0.2) is 0 Å². The summed E-state index contributed by atoms with van der Waals surface area (Å²) in [4.78, 5) is 12.0. The molecule has 1 amide bonds. The van der Waals surface area contributed by atoms with Gasteiger partial charge < -0.3 is 14.6 Å². The van der Waals surface area contributed by atoms with Gasteiger partial charge in [0, 0.05) is 32.4 Å². The van der Waals surface area contributed by atoms with Crippen LogP contribution in [0.5, 0.6) is 0 Å². The number of rotatable bonds is 10. The number of carbonyl (C=O) groups is 1. The lowest BCUT2D eigenvalue weighted by molar-refractivity contribution is -0.118. The third-order valence-electron chi connectivity index (χ3n) is 3.48. The number of aromatic nitrogens is 3. The van der Waals surface area contributed by atoms with Gasteiger partial charge in [0.15, 0.2) is 11.0 Å². The molecule has 0 saturated heterocycles. The number of ether oxygens (including phenoxy) is 1. The summed E-state index contributed by atoms with van der Waals surface area (Å²) in [5, 5.41) is 12.3. The molecule has 2 rings (SSSR count). The van der Waals surface area contributed by atoms with Crippen molar-refractivity contribution >= 4 is 17.7 Å². The Balaban J connectivity index is 2.02. The van der Waals surface area contributed by atoms with Crippen molar-refractivity contribution in [1.29, 1.82) is 0 Å². The van der Waals surface area contributed by atoms with Crippen LogP contribution in [0.3, 0.4) is 0 Å². The van der Waals surface area contributed by atoms with Crippen molar-refractivity contribution in [2.45, 2.75) is 32.0 Å². The first-order valence-corrected chi connectivity index (χ1v) is 9.47. The second-order valence-electron chi connectivity index (χ2n) is 6.16. The van der Waals surface area contributed by atoms with Gasteiger partial charge >= 0.3 is 0 Å². The Morgan fingerprint density at radius 2 is 2.04 bits per heavy atom. The molecule has 0 aliphatic carbocycles. The molecule has 1 aromatic carbocycles. The number of hydrogen-bond donors (Lipinski definition) is 1. The van der Waals surface area contributed by atoms with Gasteiger partial charge in [0.1, 0.15) is 0 Å². The van der Waals surface area contributed by atoms with Crippen molar-refractivity contribution in [2.24, 2.45) is 5.92 Å². The molecule has 0 aliphatic heterocycles. The number of nitrogens with one attached hydrogen (secondary N) is 1. The zero-order valence-corrected chi connectivity index (χ0v) is 15.9. The molecule has 0 saturated carbocycles. The number of amides is 1. The second-order valence-corrected chi connectivity index (χ2v) is 7.10. The molecule has 0 bridgehead atoms. The van der Waals surface area contributed by atoms with Crippen molar-refractivity contribution in [3.05, 3.63) is 30.3 Å². The van der Waals surface area contributed by atoms with E-state index in [9.17, 15) is 4.79 Å². The largest absolute Gasteiger partial charge is 0.385 e. The van der Waals surface area contributed by atoms with Gasteiger partial charge in [0.2, 0.25) is 5.91 Å². The topological polar surface area (TPSA) is 69.0 Å². The molecule has 1 N–H and O–H groups in total. The average molecular weight is 362 g/mol. The number of nitrogens with zero attached hydrogens (tertiary/aromatic N) is 3. The number of methoxy groups -OCH3 is 1. The first-order chi connectivity index (χ1) is 12.1. The third kappa shape index (κ3) is 6.17. The summed E-state index contributed by atoms with van der Waals surface area (Å²) in [5.74, 6) is 1.64. The predicted molar refractivity (Wildman–Crippen MR) is 101 cm³/mol. The summed E-state index contributed by atoms with van der Waals surface area (Å²) >= 11 is 1.42. The van der Waals surface area contributed by atoms with E-state index >= 15 is 0 Å². The molecular formula is C18H26N4O2S. The van der Waals surface area contributed by atoms with E-state index in [1.54, 1.807) is 7.11 Å². The van der Waals surface area contributed by atoms with Crippen LogP contribution in [0.25, 0.3) is 11.4 Å². The molecular weight excluding hydrogens is 336 g/mol. The normalized spacial score (nSPS) is 11.0. The van der Waals surface area contributed by atoms with Crippen molar-refractivity contribution in [3.8, 4) is 11.4 Å². The summed E-state index contributed by atoms with van der Waals surface area (Å²) in [7, 11) is 1.66. The highest BCUT2D eigenvalue weighted by Gasteiger charge is 2.16. The SMILES string of the molecule is COCCCNC(=O)CSc1nnc(-c2ccccc2)n1CC(C)C. The first-order valence-electron chi connectivity index (χ1n) is 8.49. The van der Waals surface area contributed by atoms with Gasteiger partial charge in [-0.15, -0.1) is 10.2 Å². The molecule has 0 atom stereocenters. The fourth-order valence-electron chi connectivity index (χ4n) is 2.35. The fraction of sp³-hybridized carbons (Fsp3) is 0.500. The fourth-order valence-corrected chi connectivity index (χ4v) is 3.13. The molecule has 136 valence electrons. The van der Waals surface area contributed by atoms with Gasteiger partial charge in [-0.05, 0) is 12.3 Å². The Kier molecular flexibility index (Phi) is 7.94. The molecule has 0 spiro atoms. The number of carbonyl (C=O) groups excluding carboxylic acids is 1. The predicted octanol–water partition coefficient (Wildman–Crippen LogP) is 2.85. The Hall–Kier alpha value is -1.86. The number of hydrogen-bond acceptors (Lipinski definition) is 5. The van der Waals surface area contributed by atoms with Crippen LogP contribution in [0.4, 0.5) is 0 Å². The summed E-state index contributed by atoms with van der Waals surface area (Å²) in [6.07, 6.45) is 0.814. The van der Waals surface area contributed by atoms with Crippen LogP contribution in [-0.2, 0) is 16.1 Å². The Labute approximate surface area is 153 Å². The third-order valence-corrected chi connectivity index (χ3v) is 4.44. The van der Waals surface area contributed by atoms with E-state index in [4.69, 9.17) is 4.74 Å². The molecule has 0 fully saturated rings. The standard InChI is InChI=1S/C18H26N4O2S/c1-14(2)12-22-17(15-8-5-4-6-9-15)20-21-18(22)25-13-16(23)19-10-7-11-24-3/h4-6,8-9,14H,7,10-13H2,1-3H3,(H,19,23). The van der Waals surface area contributed by atoms with E-state index in [0.717, 1.165) is 29.5 Å². The van der Waals surface area contributed by atoms with Crippen LogP contribution in [-0.4, -0.2) is 46.7 Å². The molecule has 0 radical (unpaired) electrons. The van der Waals surface area contributed by atoms with Crippen molar-refractivity contribution in [3.63, 3.8) is 0 Å². The van der Waals surface area contributed by atoms with E-state index in [0.29, 0.717) is 24.8 Å². The van der Waals surface area contributed by atoms with E-state index in [1.165, 1.54) is 11.8 Å². The van der Waals surface area contributed by atoms with Gasteiger partial charge in [0.05, 0.1) is 5.75 Å². The van der Waals surface area contributed by atoms with Crippen molar-refractivity contribution in [2.75, 3.05) is 26.0 Å². The summed E-state index contributed by atoms with van der Waals surface area (Å²) in [6, 6.07) is 10.0. The molecule has 0 unspecified atom stereocenters. The van der Waals surface area contributed by atoms with Gasteiger partial charge in [-0.3, -0.25) is 4.79 Å². The molecule has 6 nitrogen and oxygen atoms in total. The Morgan fingerprint density at radius 3 is 2.72 bits per heavy atom. The van der Waals surface area contributed by atoms with Crippen molar-refractivity contribution < 1.29 is 9.53 Å². The van der Waals surface area contributed by atoms with Crippen LogP contribution in [0, 0.1) is 5.92 Å². The highest BCUT2D eigenvalue weighted by atomic mass is 32.2. The van der Waals surface area contributed by atoms with E-state index in [2.05, 4.69) is 33.9 Å². The second kappa shape index (κ2) is 10.2. The van der Waals surface area contributed by atoms with Crippen LogP contribution in [0.1, 0.15) is 20.3 Å². The molecule has 1 aromatic heterocycles. The Bertz CT molecular complexity index is 658. The molecule has 25 heavy (non-hydrogen) atoms. The Morgan fingerprint density at radius 1 is 1.28 bits per heavy atom.